The molecule has 3 heteroatoms. The molecule has 0 aliphatic carbocycles. The van der Waals surface area contributed by atoms with Crippen LogP contribution in [0.15, 0.2) is 24.3 Å². The van der Waals surface area contributed by atoms with E-state index in [-0.39, 0.29) is 19.3 Å². The van der Waals surface area contributed by atoms with Crippen LogP contribution in [0.2, 0.25) is 0 Å². The summed E-state index contributed by atoms with van der Waals surface area (Å²) in [5.74, 6) is 0. The van der Waals surface area contributed by atoms with Gasteiger partial charge < -0.3 is 9.31 Å². The van der Waals surface area contributed by atoms with Gasteiger partial charge in [-0.25, -0.2) is 6.07 Å². The molecule has 1 aromatic carbocycles. The molecule has 2 atom stereocenters. The molecule has 1 saturated heterocycles. The van der Waals surface area contributed by atoms with Gasteiger partial charge in [0.2, 0.25) is 0 Å². The minimum Gasteiger partial charge on any atom is -0.413 e. The number of hydrogen-bond acceptors (Lipinski definition) is 2. The number of hydrogen-bond donors (Lipinski definition) is 0. The van der Waals surface area contributed by atoms with E-state index in [2.05, 4.69) is 0 Å². The van der Waals surface area contributed by atoms with Crippen molar-refractivity contribution < 1.29 is 9.31 Å². The predicted octanol–water partition coefficient (Wildman–Crippen LogP) is 0.924. The highest BCUT2D eigenvalue weighted by molar-refractivity contribution is 6.61. The van der Waals surface area contributed by atoms with Gasteiger partial charge in [-0.2, -0.15) is 23.7 Å². The van der Waals surface area contributed by atoms with Gasteiger partial charge in [-0.15, -0.1) is 0 Å². The lowest BCUT2D eigenvalue weighted by atomic mass is 9.81. The van der Waals surface area contributed by atoms with Gasteiger partial charge in [0.15, 0.2) is 0 Å². The lowest BCUT2D eigenvalue weighted by molar-refractivity contribution is 0.187. The van der Waals surface area contributed by atoms with Crippen LogP contribution in [0, 0.1) is 0 Å². The molecule has 0 spiro atoms. The lowest BCUT2D eigenvalue weighted by Gasteiger charge is -2.07. The van der Waals surface area contributed by atoms with Crippen LogP contribution in [-0.2, 0) is 9.31 Å². The largest absolute Gasteiger partial charge is 0.413 e. The smallest absolute Gasteiger partial charge is 0.406 e. The molecule has 0 aromatic heterocycles. The Balaban J connectivity index is 2.09. The van der Waals surface area contributed by atoms with Crippen LogP contribution < -0.4 is 5.46 Å². The Morgan fingerprint density at radius 3 is 2.50 bits per heavy atom. The average molecular weight is 163 g/mol. The van der Waals surface area contributed by atoms with E-state index in [9.17, 15) is 0 Å². The van der Waals surface area contributed by atoms with Crippen LogP contribution >= 0.6 is 0 Å². The highest BCUT2D eigenvalue weighted by Gasteiger charge is 2.31. The zero-order chi connectivity index (χ0) is 8.55. The Labute approximate surface area is 73.0 Å². The molecule has 1 aliphatic heterocycles. The summed E-state index contributed by atoms with van der Waals surface area (Å²) in [7, 11) is -0.148. The van der Waals surface area contributed by atoms with Gasteiger partial charge in [-0.1, -0.05) is 0 Å². The fourth-order valence-corrected chi connectivity index (χ4v) is 1.35. The van der Waals surface area contributed by atoms with Gasteiger partial charge in [0.05, 0.1) is 12.2 Å². The van der Waals surface area contributed by atoms with Gasteiger partial charge in [-0.05, 0) is 13.8 Å². The molecule has 0 saturated carbocycles. The normalized spacial score (nSPS) is 29.7. The zero-order valence-corrected chi connectivity index (χ0v) is 7.36. The standard InChI is InChI=1S/C9H12BO2/c1-7-8(2)12-10(11-7)9-5-3-4-6-9/h3-8H,1-2H3/q-1/t7-,8+. The van der Waals surface area contributed by atoms with Gasteiger partial charge in [0.1, 0.15) is 0 Å². The van der Waals surface area contributed by atoms with E-state index < -0.39 is 0 Å². The van der Waals surface area contributed by atoms with Gasteiger partial charge in [0.25, 0.3) is 0 Å². The summed E-state index contributed by atoms with van der Waals surface area (Å²) in [6, 6.07) is 8.04. The molecule has 0 amide bonds. The Bertz CT molecular complexity index is 235. The Morgan fingerprint density at radius 1 is 1.33 bits per heavy atom. The van der Waals surface area contributed by atoms with Crippen molar-refractivity contribution in [1.82, 2.24) is 0 Å². The first kappa shape index (κ1) is 7.96. The van der Waals surface area contributed by atoms with Crippen molar-refractivity contribution >= 4 is 12.6 Å². The fraction of sp³-hybridized carbons (Fsp3) is 0.444. The third-order valence-corrected chi connectivity index (χ3v) is 2.30. The van der Waals surface area contributed by atoms with E-state index in [1.807, 2.05) is 38.1 Å². The van der Waals surface area contributed by atoms with Crippen LogP contribution in [0.4, 0.5) is 0 Å². The predicted molar refractivity (Wildman–Crippen MR) is 48.5 cm³/mol. The first-order valence-corrected chi connectivity index (χ1v) is 4.30. The second-order valence-electron chi connectivity index (χ2n) is 3.23. The summed E-state index contributed by atoms with van der Waals surface area (Å²) < 4.78 is 11.2. The SMILES string of the molecule is C[C@@H]1OB(c2cc[cH-]c2)O[C@@H]1C. The summed E-state index contributed by atoms with van der Waals surface area (Å²) >= 11 is 0. The topological polar surface area (TPSA) is 18.5 Å². The summed E-state index contributed by atoms with van der Waals surface area (Å²) in [5, 5.41) is 0. The quantitative estimate of drug-likeness (QED) is 0.452. The maximum Gasteiger partial charge on any atom is 0.406 e. The molecule has 1 aromatic rings. The van der Waals surface area contributed by atoms with E-state index in [1.54, 1.807) is 0 Å². The van der Waals surface area contributed by atoms with E-state index in [1.165, 1.54) is 0 Å². The molecule has 2 nitrogen and oxygen atoms in total. The second kappa shape index (κ2) is 3.00. The summed E-state index contributed by atoms with van der Waals surface area (Å²) in [6.45, 7) is 4.07. The third-order valence-electron chi connectivity index (χ3n) is 2.30. The Kier molecular flexibility index (Phi) is 1.99. The van der Waals surface area contributed by atoms with Crippen LogP contribution in [0.5, 0.6) is 0 Å². The van der Waals surface area contributed by atoms with Crippen molar-refractivity contribution in [3.05, 3.63) is 24.3 Å². The van der Waals surface area contributed by atoms with Crippen molar-refractivity contribution in [1.29, 1.82) is 0 Å². The maximum absolute atomic E-state index is 5.60. The first-order chi connectivity index (χ1) is 5.77. The van der Waals surface area contributed by atoms with Crippen LogP contribution in [0.25, 0.3) is 0 Å². The molecule has 1 fully saturated rings. The first-order valence-electron chi connectivity index (χ1n) is 4.30. The highest BCUT2D eigenvalue weighted by atomic mass is 16.7. The molecular weight excluding hydrogens is 151 g/mol. The van der Waals surface area contributed by atoms with Crippen LogP contribution in [0.3, 0.4) is 0 Å². The Hall–Kier alpha value is -0.665. The van der Waals surface area contributed by atoms with Crippen molar-refractivity contribution in [3.8, 4) is 0 Å². The summed E-state index contributed by atoms with van der Waals surface area (Å²) in [6.07, 6.45) is 0.398. The molecule has 0 radical (unpaired) electrons. The molecule has 64 valence electrons. The third kappa shape index (κ3) is 1.30. The molecule has 12 heavy (non-hydrogen) atoms. The molecular formula is C9H12BO2-. The fourth-order valence-electron chi connectivity index (χ4n) is 1.35. The molecule has 0 N–H and O–H groups in total. The van der Waals surface area contributed by atoms with E-state index in [4.69, 9.17) is 9.31 Å². The highest BCUT2D eigenvalue weighted by Crippen LogP contribution is 2.15. The van der Waals surface area contributed by atoms with Crippen molar-refractivity contribution in [2.45, 2.75) is 26.1 Å². The van der Waals surface area contributed by atoms with Gasteiger partial charge in [-0.3, -0.25) is 0 Å². The van der Waals surface area contributed by atoms with Gasteiger partial charge >= 0.3 is 7.12 Å². The van der Waals surface area contributed by atoms with Crippen molar-refractivity contribution in [2.75, 3.05) is 0 Å². The second-order valence-corrected chi connectivity index (χ2v) is 3.23. The van der Waals surface area contributed by atoms with E-state index >= 15 is 0 Å². The average Bonchev–Trinajstić information content (AvgIpc) is 2.61. The van der Waals surface area contributed by atoms with Crippen LogP contribution in [-0.4, -0.2) is 19.3 Å². The van der Waals surface area contributed by atoms with E-state index in [0.29, 0.717) is 0 Å². The Morgan fingerprint density at radius 2 is 2.00 bits per heavy atom. The van der Waals surface area contributed by atoms with E-state index in [0.717, 1.165) is 5.46 Å². The lowest BCUT2D eigenvalue weighted by Crippen LogP contribution is -2.30. The molecule has 1 aliphatic rings. The monoisotopic (exact) mass is 163 g/mol. The summed E-state index contributed by atoms with van der Waals surface area (Å²) in [4.78, 5) is 0. The van der Waals surface area contributed by atoms with Crippen molar-refractivity contribution in [2.24, 2.45) is 0 Å². The molecule has 0 bridgehead atoms. The van der Waals surface area contributed by atoms with Gasteiger partial charge in [0, 0.05) is 0 Å². The minimum atomic E-state index is -0.148. The molecule has 1 heterocycles. The van der Waals surface area contributed by atoms with Crippen LogP contribution in [0.1, 0.15) is 13.8 Å². The molecule has 0 unspecified atom stereocenters. The minimum absolute atomic E-state index is 0.148. The number of rotatable bonds is 1. The van der Waals surface area contributed by atoms with Crippen molar-refractivity contribution in [3.63, 3.8) is 0 Å². The maximum atomic E-state index is 5.60. The molecule has 2 rings (SSSR count). The summed E-state index contributed by atoms with van der Waals surface area (Å²) in [5.41, 5.74) is 1.12. The zero-order valence-electron chi connectivity index (χ0n) is 7.36.